The Kier molecular flexibility index (Phi) is 4.07. The van der Waals surface area contributed by atoms with Gasteiger partial charge in [0.25, 0.3) is 11.3 Å². The standard InChI is InChI=1S/C6H3ClF6N2OS/c7-1-2-14-15-4(17-2)16-3(5(8,9)10)6(11,12)13/h3H,1H2. The highest BCUT2D eigenvalue weighted by molar-refractivity contribution is 7.13. The van der Waals surface area contributed by atoms with Crippen LogP contribution in [0.2, 0.25) is 0 Å². The maximum Gasteiger partial charge on any atom is 0.434 e. The molecule has 98 valence electrons. The summed E-state index contributed by atoms with van der Waals surface area (Å²) in [7, 11) is 0. The van der Waals surface area contributed by atoms with E-state index in [4.69, 9.17) is 11.6 Å². The lowest BCUT2D eigenvalue weighted by Gasteiger charge is -2.21. The smallest absolute Gasteiger partial charge is 0.434 e. The molecule has 3 nitrogen and oxygen atoms in total. The van der Waals surface area contributed by atoms with E-state index in [0.717, 1.165) is 0 Å². The highest BCUT2D eigenvalue weighted by Gasteiger charge is 2.59. The maximum absolute atomic E-state index is 12.1. The molecule has 0 saturated carbocycles. The molecule has 0 aromatic carbocycles. The topological polar surface area (TPSA) is 35.0 Å². The molecule has 0 atom stereocenters. The van der Waals surface area contributed by atoms with Crippen LogP contribution >= 0.6 is 22.9 Å². The van der Waals surface area contributed by atoms with E-state index in [-0.39, 0.29) is 10.9 Å². The lowest BCUT2D eigenvalue weighted by atomic mass is 10.3. The van der Waals surface area contributed by atoms with Crippen LogP contribution in [0.25, 0.3) is 0 Å². The summed E-state index contributed by atoms with van der Waals surface area (Å²) in [6, 6.07) is 0. The van der Waals surface area contributed by atoms with E-state index in [2.05, 4.69) is 14.9 Å². The Balaban J connectivity index is 2.87. The van der Waals surface area contributed by atoms with E-state index in [1.807, 2.05) is 0 Å². The zero-order chi connectivity index (χ0) is 13.3. The first-order chi connectivity index (χ1) is 7.64. The van der Waals surface area contributed by atoms with Gasteiger partial charge in [0, 0.05) is 0 Å². The normalized spacial score (nSPS) is 13.2. The monoisotopic (exact) mass is 300 g/mol. The largest absolute Gasteiger partial charge is 0.446 e. The number of ether oxygens (including phenoxy) is 1. The first-order valence-electron chi connectivity index (χ1n) is 3.83. The van der Waals surface area contributed by atoms with Gasteiger partial charge in [0.05, 0.1) is 5.88 Å². The van der Waals surface area contributed by atoms with Crippen molar-refractivity contribution in [3.8, 4) is 5.19 Å². The number of rotatable bonds is 3. The molecular weight excluding hydrogens is 298 g/mol. The molecule has 1 rings (SSSR count). The number of alkyl halides is 7. The average Bonchev–Trinajstić information content (AvgIpc) is 2.58. The summed E-state index contributed by atoms with van der Waals surface area (Å²) in [5.41, 5.74) is 0. The summed E-state index contributed by atoms with van der Waals surface area (Å²) in [5, 5.41) is 5.47. The minimum Gasteiger partial charge on any atom is -0.446 e. The van der Waals surface area contributed by atoms with Crippen LogP contribution in [0.5, 0.6) is 5.19 Å². The van der Waals surface area contributed by atoms with E-state index >= 15 is 0 Å². The van der Waals surface area contributed by atoms with Crippen LogP contribution in [0.4, 0.5) is 26.3 Å². The average molecular weight is 301 g/mol. The van der Waals surface area contributed by atoms with Crippen LogP contribution in [-0.2, 0) is 5.88 Å². The Morgan fingerprint density at radius 2 is 1.65 bits per heavy atom. The van der Waals surface area contributed by atoms with Crippen molar-refractivity contribution in [1.82, 2.24) is 10.2 Å². The maximum atomic E-state index is 12.1. The Morgan fingerprint density at radius 1 is 1.12 bits per heavy atom. The van der Waals surface area contributed by atoms with E-state index in [9.17, 15) is 26.3 Å². The van der Waals surface area contributed by atoms with Crippen molar-refractivity contribution in [3.63, 3.8) is 0 Å². The van der Waals surface area contributed by atoms with Crippen LogP contribution in [-0.4, -0.2) is 28.7 Å². The van der Waals surface area contributed by atoms with Gasteiger partial charge in [-0.3, -0.25) is 0 Å². The molecule has 0 aliphatic heterocycles. The molecule has 0 N–H and O–H groups in total. The quantitative estimate of drug-likeness (QED) is 0.635. The number of nitrogens with zero attached hydrogens (tertiary/aromatic N) is 2. The second kappa shape index (κ2) is 4.84. The lowest BCUT2D eigenvalue weighted by molar-refractivity contribution is -0.299. The first kappa shape index (κ1) is 14.3. The van der Waals surface area contributed by atoms with Crippen molar-refractivity contribution in [2.24, 2.45) is 0 Å². The zero-order valence-corrected chi connectivity index (χ0v) is 9.21. The molecule has 0 aliphatic rings. The van der Waals surface area contributed by atoms with Crippen LogP contribution < -0.4 is 4.74 Å². The van der Waals surface area contributed by atoms with Crippen molar-refractivity contribution in [1.29, 1.82) is 0 Å². The lowest BCUT2D eigenvalue weighted by Crippen LogP contribution is -2.46. The molecule has 1 heterocycles. The van der Waals surface area contributed by atoms with Gasteiger partial charge in [-0.15, -0.1) is 16.7 Å². The molecule has 0 aliphatic carbocycles. The Bertz CT molecular complexity index is 363. The molecule has 11 heteroatoms. The summed E-state index contributed by atoms with van der Waals surface area (Å²) in [5.74, 6) is -0.177. The highest BCUT2D eigenvalue weighted by Crippen LogP contribution is 2.37. The number of hydrogen-bond donors (Lipinski definition) is 0. The molecule has 0 spiro atoms. The number of hydrogen-bond acceptors (Lipinski definition) is 4. The van der Waals surface area contributed by atoms with E-state index < -0.39 is 23.7 Å². The minimum atomic E-state index is -5.58. The van der Waals surface area contributed by atoms with Crippen LogP contribution in [0.3, 0.4) is 0 Å². The fraction of sp³-hybridized carbons (Fsp3) is 0.667. The van der Waals surface area contributed by atoms with Crippen molar-refractivity contribution in [3.05, 3.63) is 5.01 Å². The molecular formula is C6H3ClF6N2OS. The Hall–Kier alpha value is -0.770. The molecule has 0 saturated heterocycles. The Morgan fingerprint density at radius 3 is 2.00 bits per heavy atom. The van der Waals surface area contributed by atoms with Gasteiger partial charge in [0.2, 0.25) is 0 Å². The van der Waals surface area contributed by atoms with Gasteiger partial charge in [0.15, 0.2) is 0 Å². The zero-order valence-electron chi connectivity index (χ0n) is 7.64. The van der Waals surface area contributed by atoms with Crippen molar-refractivity contribution >= 4 is 22.9 Å². The second-order valence-corrected chi connectivity index (χ2v) is 3.97. The fourth-order valence-electron chi connectivity index (χ4n) is 0.760. The summed E-state index contributed by atoms with van der Waals surface area (Å²) in [6.07, 6.45) is -15.1. The van der Waals surface area contributed by atoms with E-state index in [0.29, 0.717) is 11.3 Å². The van der Waals surface area contributed by atoms with Gasteiger partial charge < -0.3 is 4.74 Å². The van der Waals surface area contributed by atoms with E-state index in [1.165, 1.54) is 0 Å². The minimum absolute atomic E-state index is 0.0600. The molecule has 0 radical (unpaired) electrons. The van der Waals surface area contributed by atoms with Gasteiger partial charge in [-0.25, -0.2) is 0 Å². The van der Waals surface area contributed by atoms with Gasteiger partial charge in [0.1, 0.15) is 5.01 Å². The van der Waals surface area contributed by atoms with Gasteiger partial charge in [-0.1, -0.05) is 16.4 Å². The summed E-state index contributed by atoms with van der Waals surface area (Å²) in [4.78, 5) is 0. The Labute approximate surface area is 99.3 Å². The molecule has 1 aromatic heterocycles. The van der Waals surface area contributed by atoms with Crippen molar-refractivity contribution < 1.29 is 31.1 Å². The molecule has 0 fully saturated rings. The SMILES string of the molecule is FC(F)(F)C(Oc1nnc(CCl)s1)C(F)(F)F. The molecule has 0 bridgehead atoms. The third-order valence-corrected chi connectivity index (χ3v) is 2.60. The molecule has 0 unspecified atom stereocenters. The summed E-state index contributed by atoms with van der Waals surface area (Å²) < 4.78 is 76.2. The third-order valence-electron chi connectivity index (χ3n) is 1.38. The van der Waals surface area contributed by atoms with Crippen molar-refractivity contribution in [2.45, 2.75) is 24.3 Å². The predicted molar refractivity (Wildman–Crippen MR) is 46.0 cm³/mol. The third kappa shape index (κ3) is 3.87. The van der Waals surface area contributed by atoms with Gasteiger partial charge in [-0.2, -0.15) is 26.3 Å². The fourth-order valence-corrected chi connectivity index (χ4v) is 1.54. The van der Waals surface area contributed by atoms with E-state index in [1.54, 1.807) is 0 Å². The number of halogens is 7. The molecule has 17 heavy (non-hydrogen) atoms. The van der Waals surface area contributed by atoms with Crippen LogP contribution in [0, 0.1) is 0 Å². The van der Waals surface area contributed by atoms with Gasteiger partial charge in [-0.05, 0) is 0 Å². The summed E-state index contributed by atoms with van der Waals surface area (Å²) in [6.45, 7) is 0. The predicted octanol–water partition coefficient (Wildman–Crippen LogP) is 3.15. The number of aromatic nitrogens is 2. The summed E-state index contributed by atoms with van der Waals surface area (Å²) >= 11 is 5.68. The van der Waals surface area contributed by atoms with Gasteiger partial charge >= 0.3 is 12.4 Å². The van der Waals surface area contributed by atoms with Crippen LogP contribution in [0.1, 0.15) is 5.01 Å². The molecule has 1 aromatic rings. The van der Waals surface area contributed by atoms with Crippen LogP contribution in [0.15, 0.2) is 0 Å². The second-order valence-electron chi connectivity index (χ2n) is 2.68. The van der Waals surface area contributed by atoms with Crippen molar-refractivity contribution in [2.75, 3.05) is 0 Å². The highest BCUT2D eigenvalue weighted by atomic mass is 35.5. The first-order valence-corrected chi connectivity index (χ1v) is 5.18. The molecule has 0 amide bonds.